The van der Waals surface area contributed by atoms with E-state index in [1.807, 2.05) is 0 Å². The first kappa shape index (κ1) is 32.7. The Hall–Kier alpha value is -3.33. The molecule has 1 aliphatic heterocycles. The summed E-state index contributed by atoms with van der Waals surface area (Å²) in [7, 11) is -4.98. The number of ketones is 1. The number of primary amides is 1. The highest BCUT2D eigenvalue weighted by Crippen LogP contribution is 2.20. The van der Waals surface area contributed by atoms with Crippen LogP contribution in [-0.4, -0.2) is 83.7 Å². The summed E-state index contributed by atoms with van der Waals surface area (Å²) in [4.78, 5) is 74.0. The van der Waals surface area contributed by atoms with Gasteiger partial charge in [0.15, 0.2) is 11.0 Å². The van der Waals surface area contributed by atoms with Gasteiger partial charge in [0.25, 0.3) is 21.9 Å². The zero-order chi connectivity index (χ0) is 29.4. The summed E-state index contributed by atoms with van der Waals surface area (Å²) in [5.41, 5.74) is 4.20. The standard InChI is InChI=1S/C23H37N5O9S/c1-13(2)18(21(33)26-14(19(31)23(3,4)5)7-6-11-25-22(24)34)27-20(32)15(38(35,36)37)10-12-28-16(29)8-9-17(28)30/h8-9,13-15,18H,6-7,10-12H2,1-5H3,(H,26,33)(H,27,32)(H3,24,25,34)(H,35,36,37)/t14-,15-,18-/m0/s1. The fourth-order valence-electron chi connectivity index (χ4n) is 3.67. The van der Waals surface area contributed by atoms with Crippen LogP contribution in [0.2, 0.25) is 0 Å². The lowest BCUT2D eigenvalue weighted by atomic mass is 9.84. The quantitative estimate of drug-likeness (QED) is 0.102. The van der Waals surface area contributed by atoms with Gasteiger partial charge in [-0.05, 0) is 25.2 Å². The molecule has 0 aromatic carbocycles. The number of imide groups is 1. The van der Waals surface area contributed by atoms with Crippen molar-refractivity contribution >= 4 is 45.6 Å². The molecule has 1 heterocycles. The fourth-order valence-corrected chi connectivity index (χ4v) is 4.41. The molecular formula is C23H37N5O9S. The molecular weight excluding hydrogens is 522 g/mol. The zero-order valence-electron chi connectivity index (χ0n) is 22.1. The Kier molecular flexibility index (Phi) is 11.6. The van der Waals surface area contributed by atoms with Crippen molar-refractivity contribution in [3.8, 4) is 0 Å². The van der Waals surface area contributed by atoms with Crippen LogP contribution >= 0.6 is 0 Å². The van der Waals surface area contributed by atoms with Crippen LogP contribution in [0, 0.1) is 11.3 Å². The average Bonchev–Trinajstić information content (AvgIpc) is 3.09. The van der Waals surface area contributed by atoms with Gasteiger partial charge in [-0.1, -0.05) is 34.6 Å². The van der Waals surface area contributed by atoms with Gasteiger partial charge in [0, 0.05) is 30.7 Å². The first-order valence-corrected chi connectivity index (χ1v) is 13.5. The summed E-state index contributed by atoms with van der Waals surface area (Å²) in [6.45, 7) is 7.87. The number of rotatable bonds is 14. The predicted octanol–water partition coefficient (Wildman–Crippen LogP) is -0.753. The van der Waals surface area contributed by atoms with E-state index in [1.54, 1.807) is 34.6 Å². The van der Waals surface area contributed by atoms with Crippen molar-refractivity contribution in [1.82, 2.24) is 20.9 Å². The van der Waals surface area contributed by atoms with Crippen molar-refractivity contribution in [3.63, 3.8) is 0 Å². The van der Waals surface area contributed by atoms with E-state index in [0.717, 1.165) is 12.2 Å². The minimum Gasteiger partial charge on any atom is -0.352 e. The summed E-state index contributed by atoms with van der Waals surface area (Å²) in [6, 6.07) is -3.01. The molecule has 1 aliphatic rings. The molecule has 38 heavy (non-hydrogen) atoms. The van der Waals surface area contributed by atoms with Gasteiger partial charge in [-0.15, -0.1) is 0 Å². The Labute approximate surface area is 221 Å². The Morgan fingerprint density at radius 3 is 2.00 bits per heavy atom. The van der Waals surface area contributed by atoms with E-state index in [4.69, 9.17) is 5.73 Å². The molecule has 14 nitrogen and oxygen atoms in total. The molecule has 0 saturated carbocycles. The first-order chi connectivity index (χ1) is 17.4. The number of amides is 6. The molecule has 6 N–H and O–H groups in total. The minimum absolute atomic E-state index is 0.153. The normalized spacial score (nSPS) is 16.2. The Bertz CT molecular complexity index is 1060. The van der Waals surface area contributed by atoms with E-state index in [0.29, 0.717) is 11.3 Å². The maximum atomic E-state index is 13.1. The van der Waals surface area contributed by atoms with E-state index in [9.17, 15) is 41.7 Å². The molecule has 0 radical (unpaired) electrons. The fraction of sp³-hybridized carbons (Fsp3) is 0.652. The maximum Gasteiger partial charge on any atom is 0.312 e. The third-order valence-corrected chi connectivity index (χ3v) is 6.92. The van der Waals surface area contributed by atoms with Crippen molar-refractivity contribution in [2.45, 2.75) is 71.2 Å². The van der Waals surface area contributed by atoms with Crippen LogP contribution in [0.3, 0.4) is 0 Å². The molecule has 0 bridgehead atoms. The van der Waals surface area contributed by atoms with Crippen molar-refractivity contribution in [2.24, 2.45) is 17.1 Å². The lowest BCUT2D eigenvalue weighted by Crippen LogP contribution is -2.57. The summed E-state index contributed by atoms with van der Waals surface area (Å²) in [5.74, 6) is -4.22. The van der Waals surface area contributed by atoms with Gasteiger partial charge in [-0.2, -0.15) is 8.42 Å². The maximum absolute atomic E-state index is 13.1. The Morgan fingerprint density at radius 1 is 1.00 bits per heavy atom. The molecule has 0 unspecified atom stereocenters. The molecule has 0 saturated heterocycles. The van der Waals surface area contributed by atoms with Crippen LogP contribution in [0.15, 0.2) is 12.2 Å². The minimum atomic E-state index is -4.98. The van der Waals surface area contributed by atoms with Crippen molar-refractivity contribution < 1.29 is 41.7 Å². The van der Waals surface area contributed by atoms with Gasteiger partial charge in [-0.25, -0.2) is 4.79 Å². The molecule has 0 fully saturated rings. The highest BCUT2D eigenvalue weighted by atomic mass is 32.2. The van der Waals surface area contributed by atoms with E-state index in [1.165, 1.54) is 0 Å². The van der Waals surface area contributed by atoms with E-state index in [-0.39, 0.29) is 18.7 Å². The largest absolute Gasteiger partial charge is 0.352 e. The highest BCUT2D eigenvalue weighted by molar-refractivity contribution is 7.87. The van der Waals surface area contributed by atoms with Gasteiger partial charge in [0.2, 0.25) is 11.8 Å². The van der Waals surface area contributed by atoms with Crippen LogP contribution in [-0.2, 0) is 34.1 Å². The molecule has 0 spiro atoms. The van der Waals surface area contributed by atoms with Gasteiger partial charge in [-0.3, -0.25) is 33.4 Å². The summed E-state index contributed by atoms with van der Waals surface area (Å²) < 4.78 is 33.5. The summed E-state index contributed by atoms with van der Waals surface area (Å²) >= 11 is 0. The van der Waals surface area contributed by atoms with Crippen LogP contribution in [0.25, 0.3) is 0 Å². The molecule has 15 heteroatoms. The number of urea groups is 1. The van der Waals surface area contributed by atoms with E-state index in [2.05, 4.69) is 16.0 Å². The summed E-state index contributed by atoms with van der Waals surface area (Å²) in [5, 5.41) is 5.23. The number of Topliss-reactive ketones (excluding diaryl/α,β-unsaturated/α-hetero) is 1. The second-order valence-corrected chi connectivity index (χ2v) is 11.9. The summed E-state index contributed by atoms with van der Waals surface area (Å²) in [6.07, 6.45) is 1.84. The van der Waals surface area contributed by atoms with Gasteiger partial charge >= 0.3 is 6.03 Å². The smallest absolute Gasteiger partial charge is 0.312 e. The molecule has 0 aromatic heterocycles. The lowest BCUT2D eigenvalue weighted by molar-refractivity contribution is -0.137. The SMILES string of the molecule is CC(C)[C@H](NC(=O)[C@H](CCN1C(=O)C=CC1=O)S(=O)(=O)O)C(=O)N[C@@H](CCCNC(N)=O)C(=O)C(C)(C)C. The van der Waals surface area contributed by atoms with Gasteiger partial charge < -0.3 is 21.7 Å². The van der Waals surface area contributed by atoms with Crippen molar-refractivity contribution in [3.05, 3.63) is 12.2 Å². The monoisotopic (exact) mass is 559 g/mol. The molecule has 214 valence electrons. The van der Waals surface area contributed by atoms with Crippen LogP contribution in [0.4, 0.5) is 4.79 Å². The zero-order valence-corrected chi connectivity index (χ0v) is 23.0. The van der Waals surface area contributed by atoms with Gasteiger partial charge in [0.1, 0.15) is 6.04 Å². The molecule has 1 rings (SSSR count). The second-order valence-electron chi connectivity index (χ2n) is 10.3. The van der Waals surface area contributed by atoms with Gasteiger partial charge in [0.05, 0.1) is 6.04 Å². The molecule has 3 atom stereocenters. The number of carbonyl (C=O) groups excluding carboxylic acids is 6. The highest BCUT2D eigenvalue weighted by Gasteiger charge is 2.38. The second kappa shape index (κ2) is 13.5. The average molecular weight is 560 g/mol. The topological polar surface area (TPSA) is 222 Å². The number of carbonyl (C=O) groups is 6. The number of nitrogens with two attached hydrogens (primary N) is 1. The molecule has 0 aliphatic carbocycles. The molecule has 6 amide bonds. The lowest BCUT2D eigenvalue weighted by Gasteiger charge is -2.29. The van der Waals surface area contributed by atoms with E-state index < -0.39 is 81.4 Å². The van der Waals surface area contributed by atoms with Crippen LogP contribution < -0.4 is 21.7 Å². The number of nitrogens with one attached hydrogen (secondary N) is 3. The van der Waals surface area contributed by atoms with E-state index >= 15 is 0 Å². The van der Waals surface area contributed by atoms with Crippen molar-refractivity contribution in [2.75, 3.05) is 13.1 Å². The number of hydrogen-bond donors (Lipinski definition) is 5. The Morgan fingerprint density at radius 2 is 1.55 bits per heavy atom. The van der Waals surface area contributed by atoms with Crippen LogP contribution in [0.5, 0.6) is 0 Å². The Balaban J connectivity index is 3.02. The van der Waals surface area contributed by atoms with Crippen molar-refractivity contribution in [1.29, 1.82) is 0 Å². The predicted molar refractivity (Wildman–Crippen MR) is 136 cm³/mol. The van der Waals surface area contributed by atoms with Crippen LogP contribution in [0.1, 0.15) is 53.9 Å². The molecule has 0 aromatic rings. The third kappa shape index (κ3) is 9.85. The number of nitrogens with zero attached hydrogens (tertiary/aromatic N) is 1. The third-order valence-electron chi connectivity index (χ3n) is 5.76. The first-order valence-electron chi connectivity index (χ1n) is 12.0. The number of hydrogen-bond acceptors (Lipinski definition) is 8.